The second-order valence-electron chi connectivity index (χ2n) is 7.62. The summed E-state index contributed by atoms with van der Waals surface area (Å²) in [5.41, 5.74) is 6.35. The van der Waals surface area contributed by atoms with Crippen molar-refractivity contribution in [3.8, 4) is 0 Å². The Kier molecular flexibility index (Phi) is 5.59. The smallest absolute Gasteiger partial charge is 0.248 e. The highest BCUT2D eigenvalue weighted by molar-refractivity contribution is 5.95. The van der Waals surface area contributed by atoms with E-state index in [0.29, 0.717) is 11.3 Å². The molecule has 2 saturated heterocycles. The van der Waals surface area contributed by atoms with Crippen molar-refractivity contribution in [2.75, 3.05) is 41.3 Å². The summed E-state index contributed by atoms with van der Waals surface area (Å²) in [5, 5.41) is 2.94. The molecule has 2 aliphatic heterocycles. The van der Waals surface area contributed by atoms with E-state index in [1.165, 1.54) is 12.8 Å². The van der Waals surface area contributed by atoms with Crippen LogP contribution in [0.1, 0.15) is 36.0 Å². The highest BCUT2D eigenvalue weighted by Crippen LogP contribution is 2.26. The first-order valence-electron chi connectivity index (χ1n) is 10.1. The first kappa shape index (κ1) is 19.2. The Labute approximate surface area is 170 Å². The van der Waals surface area contributed by atoms with Crippen LogP contribution >= 0.6 is 0 Å². The SMILES string of the molecule is NC(=O)c1ccc(NC(=O)C2CCN(c3cc(N4CCCC4)ncn3)CC2)cc1. The number of nitrogens with two attached hydrogens (primary N) is 1. The van der Waals surface area contributed by atoms with Gasteiger partial charge in [0.2, 0.25) is 11.8 Å². The van der Waals surface area contributed by atoms with Gasteiger partial charge in [-0.2, -0.15) is 0 Å². The van der Waals surface area contributed by atoms with Gasteiger partial charge in [0.05, 0.1) is 0 Å². The molecular weight excluding hydrogens is 368 g/mol. The Morgan fingerprint density at radius 3 is 2.10 bits per heavy atom. The van der Waals surface area contributed by atoms with E-state index in [4.69, 9.17) is 5.73 Å². The quantitative estimate of drug-likeness (QED) is 0.804. The Morgan fingerprint density at radius 1 is 0.931 bits per heavy atom. The number of nitrogens with one attached hydrogen (secondary N) is 1. The summed E-state index contributed by atoms with van der Waals surface area (Å²) >= 11 is 0. The van der Waals surface area contributed by atoms with Crippen LogP contribution in [0.2, 0.25) is 0 Å². The average Bonchev–Trinajstić information content (AvgIpc) is 3.29. The number of anilines is 3. The van der Waals surface area contributed by atoms with Crippen molar-refractivity contribution in [3.63, 3.8) is 0 Å². The standard InChI is InChI=1S/C21H26N6O2/c22-20(28)15-3-5-17(6-4-15)25-21(29)16-7-11-27(12-8-16)19-13-18(23-14-24-19)26-9-1-2-10-26/h3-6,13-14,16H,1-2,7-12H2,(H2,22,28)(H,25,29). The van der Waals surface area contributed by atoms with Gasteiger partial charge in [-0.15, -0.1) is 0 Å². The van der Waals surface area contributed by atoms with Crippen LogP contribution in [-0.2, 0) is 4.79 Å². The number of rotatable bonds is 5. The summed E-state index contributed by atoms with van der Waals surface area (Å²) < 4.78 is 0. The van der Waals surface area contributed by atoms with Crippen molar-refractivity contribution in [2.45, 2.75) is 25.7 Å². The number of amides is 2. The molecule has 0 spiro atoms. The number of aromatic nitrogens is 2. The molecule has 2 aromatic rings. The van der Waals surface area contributed by atoms with E-state index in [1.54, 1.807) is 30.6 Å². The van der Waals surface area contributed by atoms with Gasteiger partial charge in [-0.25, -0.2) is 9.97 Å². The van der Waals surface area contributed by atoms with E-state index in [-0.39, 0.29) is 11.8 Å². The maximum Gasteiger partial charge on any atom is 0.248 e. The predicted octanol–water partition coefficient (Wildman–Crippen LogP) is 2.03. The lowest BCUT2D eigenvalue weighted by Gasteiger charge is -2.32. The molecule has 0 radical (unpaired) electrons. The summed E-state index contributed by atoms with van der Waals surface area (Å²) in [6, 6.07) is 8.70. The highest BCUT2D eigenvalue weighted by atomic mass is 16.2. The molecule has 3 N–H and O–H groups in total. The Bertz CT molecular complexity index is 871. The van der Waals surface area contributed by atoms with Gasteiger partial charge >= 0.3 is 0 Å². The van der Waals surface area contributed by atoms with Gasteiger partial charge in [-0.3, -0.25) is 9.59 Å². The summed E-state index contributed by atoms with van der Waals surface area (Å²) in [6.45, 7) is 3.68. The molecule has 3 heterocycles. The lowest BCUT2D eigenvalue weighted by molar-refractivity contribution is -0.120. The van der Waals surface area contributed by atoms with Crippen LogP contribution in [0.4, 0.5) is 17.3 Å². The van der Waals surface area contributed by atoms with Crippen LogP contribution in [0, 0.1) is 5.92 Å². The second-order valence-corrected chi connectivity index (χ2v) is 7.62. The monoisotopic (exact) mass is 394 g/mol. The number of hydrogen-bond acceptors (Lipinski definition) is 6. The molecule has 8 nitrogen and oxygen atoms in total. The number of nitrogens with zero attached hydrogens (tertiary/aromatic N) is 4. The fourth-order valence-electron chi connectivity index (χ4n) is 3.96. The molecule has 2 aliphatic rings. The Morgan fingerprint density at radius 2 is 1.52 bits per heavy atom. The van der Waals surface area contributed by atoms with Gasteiger partial charge < -0.3 is 20.9 Å². The largest absolute Gasteiger partial charge is 0.366 e. The molecule has 2 amide bonds. The van der Waals surface area contributed by atoms with Gasteiger partial charge in [-0.05, 0) is 49.9 Å². The molecule has 8 heteroatoms. The average molecular weight is 394 g/mol. The molecule has 0 aliphatic carbocycles. The molecule has 1 aromatic heterocycles. The minimum atomic E-state index is -0.479. The third kappa shape index (κ3) is 4.47. The first-order valence-corrected chi connectivity index (χ1v) is 10.1. The fraction of sp³-hybridized carbons (Fsp3) is 0.429. The van der Waals surface area contributed by atoms with Crippen molar-refractivity contribution in [1.82, 2.24) is 9.97 Å². The number of benzene rings is 1. The molecular formula is C21H26N6O2. The Hall–Kier alpha value is -3.16. The van der Waals surface area contributed by atoms with Crippen molar-refractivity contribution >= 4 is 29.1 Å². The molecule has 152 valence electrons. The third-order valence-corrected chi connectivity index (χ3v) is 5.69. The molecule has 0 saturated carbocycles. The zero-order chi connectivity index (χ0) is 20.2. The zero-order valence-corrected chi connectivity index (χ0v) is 16.4. The van der Waals surface area contributed by atoms with Crippen LogP contribution in [0.3, 0.4) is 0 Å². The molecule has 1 aromatic carbocycles. The number of primary amides is 1. The minimum absolute atomic E-state index is 0.0110. The molecule has 0 unspecified atom stereocenters. The van der Waals surface area contributed by atoms with Crippen LogP contribution in [0.25, 0.3) is 0 Å². The van der Waals surface area contributed by atoms with Crippen LogP contribution in [-0.4, -0.2) is 48.0 Å². The summed E-state index contributed by atoms with van der Waals surface area (Å²) in [6.07, 6.45) is 5.61. The topological polar surface area (TPSA) is 104 Å². The first-order chi connectivity index (χ1) is 14.1. The molecule has 0 atom stereocenters. The van der Waals surface area contributed by atoms with Gasteiger partial charge in [0.1, 0.15) is 18.0 Å². The van der Waals surface area contributed by atoms with E-state index in [0.717, 1.165) is 50.7 Å². The maximum atomic E-state index is 12.6. The Balaban J connectivity index is 1.32. The third-order valence-electron chi connectivity index (χ3n) is 5.69. The fourth-order valence-corrected chi connectivity index (χ4v) is 3.96. The molecule has 4 rings (SSSR count). The zero-order valence-electron chi connectivity index (χ0n) is 16.4. The van der Waals surface area contributed by atoms with E-state index in [1.807, 2.05) is 0 Å². The number of carbonyl (C=O) groups excluding carboxylic acids is 2. The van der Waals surface area contributed by atoms with Crippen molar-refractivity contribution in [2.24, 2.45) is 11.7 Å². The second kappa shape index (κ2) is 8.46. The summed E-state index contributed by atoms with van der Waals surface area (Å²) in [7, 11) is 0. The summed E-state index contributed by atoms with van der Waals surface area (Å²) in [4.78, 5) is 37.1. The van der Waals surface area contributed by atoms with Gasteiger partial charge in [-0.1, -0.05) is 0 Å². The van der Waals surface area contributed by atoms with E-state index >= 15 is 0 Å². The summed E-state index contributed by atoms with van der Waals surface area (Å²) in [5.74, 6) is 1.42. The molecule has 2 fully saturated rings. The van der Waals surface area contributed by atoms with E-state index < -0.39 is 5.91 Å². The highest BCUT2D eigenvalue weighted by Gasteiger charge is 2.26. The number of piperidine rings is 1. The van der Waals surface area contributed by atoms with Gasteiger partial charge in [0.25, 0.3) is 0 Å². The van der Waals surface area contributed by atoms with E-state index in [9.17, 15) is 9.59 Å². The van der Waals surface area contributed by atoms with Crippen LogP contribution < -0.4 is 20.9 Å². The van der Waals surface area contributed by atoms with Gasteiger partial charge in [0, 0.05) is 49.4 Å². The number of carbonyl (C=O) groups is 2. The van der Waals surface area contributed by atoms with Crippen molar-refractivity contribution in [3.05, 3.63) is 42.2 Å². The van der Waals surface area contributed by atoms with Crippen molar-refractivity contribution in [1.29, 1.82) is 0 Å². The predicted molar refractivity (Wildman–Crippen MR) is 112 cm³/mol. The molecule has 29 heavy (non-hydrogen) atoms. The van der Waals surface area contributed by atoms with Crippen molar-refractivity contribution < 1.29 is 9.59 Å². The van der Waals surface area contributed by atoms with E-state index in [2.05, 4.69) is 31.2 Å². The van der Waals surface area contributed by atoms with Crippen LogP contribution in [0.15, 0.2) is 36.7 Å². The molecule has 0 bridgehead atoms. The van der Waals surface area contributed by atoms with Crippen LogP contribution in [0.5, 0.6) is 0 Å². The van der Waals surface area contributed by atoms with Gasteiger partial charge in [0.15, 0.2) is 0 Å². The lowest BCUT2D eigenvalue weighted by atomic mass is 9.95. The normalized spacial score (nSPS) is 17.4. The maximum absolute atomic E-state index is 12.6. The minimum Gasteiger partial charge on any atom is -0.366 e. The lowest BCUT2D eigenvalue weighted by Crippen LogP contribution is -2.38. The number of hydrogen-bond donors (Lipinski definition) is 2.